The van der Waals surface area contributed by atoms with E-state index in [1.54, 1.807) is 23.1 Å². The lowest BCUT2D eigenvalue weighted by molar-refractivity contribution is 0.0687. The summed E-state index contributed by atoms with van der Waals surface area (Å²) in [5, 5.41) is 10.6. The molecule has 1 amide bonds. The number of aromatic hydroxyl groups is 1. The van der Waals surface area contributed by atoms with E-state index in [-0.39, 0.29) is 23.3 Å². The molecule has 2 aromatic rings. The van der Waals surface area contributed by atoms with Crippen molar-refractivity contribution in [1.82, 2.24) is 4.90 Å². The van der Waals surface area contributed by atoms with Crippen LogP contribution < -0.4 is 4.74 Å². The lowest BCUT2D eigenvalue weighted by atomic mass is 10.1. The van der Waals surface area contributed by atoms with E-state index in [1.807, 2.05) is 32.0 Å². The van der Waals surface area contributed by atoms with Gasteiger partial charge in [0.15, 0.2) is 0 Å². The van der Waals surface area contributed by atoms with Crippen molar-refractivity contribution in [3.63, 3.8) is 0 Å². The van der Waals surface area contributed by atoms with Gasteiger partial charge in [-0.25, -0.2) is 0 Å². The predicted octanol–water partition coefficient (Wildman–Crippen LogP) is 4.11. The molecule has 0 aliphatic rings. The van der Waals surface area contributed by atoms with Gasteiger partial charge in [0.05, 0.1) is 12.7 Å². The number of methoxy groups -OCH3 is 1. The zero-order valence-electron chi connectivity index (χ0n) is 13.4. The fourth-order valence-electron chi connectivity index (χ4n) is 2.29. The number of phenolic OH excluding ortho intramolecular Hbond substituents is 1. The second-order valence-corrected chi connectivity index (χ2v) is 5.98. The summed E-state index contributed by atoms with van der Waals surface area (Å²) in [6.45, 7) is 4.27. The van der Waals surface area contributed by atoms with Crippen molar-refractivity contribution < 1.29 is 14.6 Å². The van der Waals surface area contributed by atoms with Crippen LogP contribution in [0.1, 0.15) is 29.8 Å². The van der Waals surface area contributed by atoms with E-state index >= 15 is 0 Å². The first-order chi connectivity index (χ1) is 10.9. The lowest BCUT2D eigenvalue weighted by Gasteiger charge is -2.27. The monoisotopic (exact) mass is 333 g/mol. The van der Waals surface area contributed by atoms with Gasteiger partial charge in [0.25, 0.3) is 5.91 Å². The number of halogens is 1. The van der Waals surface area contributed by atoms with E-state index in [2.05, 4.69) is 0 Å². The lowest BCUT2D eigenvalue weighted by Crippen LogP contribution is -2.36. The van der Waals surface area contributed by atoms with Gasteiger partial charge in [0, 0.05) is 17.6 Å². The molecule has 4 nitrogen and oxygen atoms in total. The van der Waals surface area contributed by atoms with Crippen LogP contribution in [0.5, 0.6) is 11.5 Å². The van der Waals surface area contributed by atoms with Crippen LogP contribution in [-0.2, 0) is 6.54 Å². The van der Waals surface area contributed by atoms with Crippen LogP contribution in [0.25, 0.3) is 0 Å². The van der Waals surface area contributed by atoms with E-state index in [0.29, 0.717) is 17.3 Å². The number of carbonyl (C=O) groups is 1. The van der Waals surface area contributed by atoms with E-state index in [4.69, 9.17) is 16.3 Å². The Kier molecular flexibility index (Phi) is 5.50. The Balaban J connectivity index is 2.32. The third-order valence-corrected chi connectivity index (χ3v) is 3.80. The molecule has 23 heavy (non-hydrogen) atoms. The molecule has 0 aliphatic carbocycles. The maximum atomic E-state index is 12.8. The fourth-order valence-corrected chi connectivity index (χ4v) is 2.50. The highest BCUT2D eigenvalue weighted by Crippen LogP contribution is 2.26. The van der Waals surface area contributed by atoms with Crippen molar-refractivity contribution >= 4 is 17.5 Å². The van der Waals surface area contributed by atoms with Gasteiger partial charge >= 0.3 is 0 Å². The molecule has 5 heteroatoms. The zero-order chi connectivity index (χ0) is 17.0. The SMILES string of the molecule is COc1ccc(O)c(C(=O)N(Cc2cccc(Cl)c2)C(C)C)c1. The Hall–Kier alpha value is -2.20. The van der Waals surface area contributed by atoms with Gasteiger partial charge in [0.2, 0.25) is 0 Å². The van der Waals surface area contributed by atoms with Gasteiger partial charge in [-0.3, -0.25) is 4.79 Å². The first kappa shape index (κ1) is 17.2. The van der Waals surface area contributed by atoms with Crippen molar-refractivity contribution in [2.24, 2.45) is 0 Å². The Bertz CT molecular complexity index is 700. The average Bonchev–Trinajstić information content (AvgIpc) is 2.52. The predicted molar refractivity (Wildman–Crippen MR) is 91.1 cm³/mol. The highest BCUT2D eigenvalue weighted by molar-refractivity contribution is 6.30. The third-order valence-electron chi connectivity index (χ3n) is 3.56. The molecule has 0 fully saturated rings. The van der Waals surface area contributed by atoms with E-state index in [9.17, 15) is 9.90 Å². The summed E-state index contributed by atoms with van der Waals surface area (Å²) in [6.07, 6.45) is 0. The van der Waals surface area contributed by atoms with Gasteiger partial charge < -0.3 is 14.7 Å². The number of ether oxygens (including phenoxy) is 1. The maximum absolute atomic E-state index is 12.8. The maximum Gasteiger partial charge on any atom is 0.258 e. The Labute approximate surface area is 141 Å². The van der Waals surface area contributed by atoms with Crippen LogP contribution in [0.2, 0.25) is 5.02 Å². The van der Waals surface area contributed by atoms with Gasteiger partial charge in [-0.1, -0.05) is 23.7 Å². The minimum Gasteiger partial charge on any atom is -0.507 e. The summed E-state index contributed by atoms with van der Waals surface area (Å²) in [6, 6.07) is 12.0. The molecule has 0 atom stereocenters. The standard InChI is InChI=1S/C18H20ClNO3/c1-12(2)20(11-13-5-4-6-14(19)9-13)18(22)16-10-15(23-3)7-8-17(16)21/h4-10,12,21H,11H2,1-3H3. The van der Waals surface area contributed by atoms with Crippen molar-refractivity contribution in [3.8, 4) is 11.5 Å². The summed E-state index contributed by atoms with van der Waals surface area (Å²) < 4.78 is 5.13. The number of hydrogen-bond acceptors (Lipinski definition) is 3. The molecule has 2 rings (SSSR count). The average molecular weight is 334 g/mol. The quantitative estimate of drug-likeness (QED) is 0.896. The van der Waals surface area contributed by atoms with Gasteiger partial charge in [0.1, 0.15) is 11.5 Å². The Morgan fingerprint density at radius 1 is 1.26 bits per heavy atom. The van der Waals surface area contributed by atoms with Crippen LogP contribution in [0.4, 0.5) is 0 Å². The largest absolute Gasteiger partial charge is 0.507 e. The van der Waals surface area contributed by atoms with Crippen LogP contribution in [0, 0.1) is 0 Å². The van der Waals surface area contributed by atoms with Crippen molar-refractivity contribution in [3.05, 3.63) is 58.6 Å². The van der Waals surface area contributed by atoms with Crippen LogP contribution in [0.3, 0.4) is 0 Å². The Morgan fingerprint density at radius 2 is 2.00 bits per heavy atom. The van der Waals surface area contributed by atoms with Gasteiger partial charge in [-0.05, 0) is 49.7 Å². The van der Waals surface area contributed by atoms with Gasteiger partial charge in [-0.2, -0.15) is 0 Å². The number of phenols is 1. The molecule has 0 spiro atoms. The first-order valence-electron chi connectivity index (χ1n) is 7.34. The minimum atomic E-state index is -0.253. The van der Waals surface area contributed by atoms with E-state index < -0.39 is 0 Å². The summed E-state index contributed by atoms with van der Waals surface area (Å²) in [5.74, 6) is 0.210. The molecule has 0 radical (unpaired) electrons. The van der Waals surface area contributed by atoms with Crippen LogP contribution in [-0.4, -0.2) is 29.1 Å². The van der Waals surface area contributed by atoms with E-state index in [1.165, 1.54) is 13.2 Å². The second-order valence-electron chi connectivity index (χ2n) is 5.54. The zero-order valence-corrected chi connectivity index (χ0v) is 14.2. The molecule has 0 bridgehead atoms. The highest BCUT2D eigenvalue weighted by atomic mass is 35.5. The van der Waals surface area contributed by atoms with Crippen LogP contribution in [0.15, 0.2) is 42.5 Å². The smallest absolute Gasteiger partial charge is 0.258 e. The van der Waals surface area contributed by atoms with Crippen molar-refractivity contribution in [2.45, 2.75) is 26.4 Å². The molecule has 0 saturated heterocycles. The number of carbonyl (C=O) groups excluding carboxylic acids is 1. The van der Waals surface area contributed by atoms with Gasteiger partial charge in [-0.15, -0.1) is 0 Å². The summed E-state index contributed by atoms with van der Waals surface area (Å²) in [4.78, 5) is 14.5. The van der Waals surface area contributed by atoms with Crippen LogP contribution >= 0.6 is 11.6 Å². The third kappa shape index (κ3) is 4.17. The number of nitrogens with zero attached hydrogens (tertiary/aromatic N) is 1. The molecule has 1 N–H and O–H groups in total. The molecule has 0 aliphatic heterocycles. The molecule has 122 valence electrons. The number of hydrogen-bond donors (Lipinski definition) is 1. The van der Waals surface area contributed by atoms with Crippen molar-refractivity contribution in [1.29, 1.82) is 0 Å². The normalized spacial score (nSPS) is 10.7. The topological polar surface area (TPSA) is 49.8 Å². The Morgan fingerprint density at radius 3 is 2.61 bits per heavy atom. The fraction of sp³-hybridized carbons (Fsp3) is 0.278. The minimum absolute atomic E-state index is 0.0351. The number of benzene rings is 2. The highest BCUT2D eigenvalue weighted by Gasteiger charge is 2.22. The first-order valence-corrected chi connectivity index (χ1v) is 7.72. The molecule has 0 unspecified atom stereocenters. The summed E-state index contributed by atoms with van der Waals surface area (Å²) in [5.41, 5.74) is 1.15. The molecule has 0 heterocycles. The molecule has 0 aromatic heterocycles. The number of amides is 1. The molecule has 0 saturated carbocycles. The van der Waals surface area contributed by atoms with Crippen molar-refractivity contribution in [2.75, 3.05) is 7.11 Å². The summed E-state index contributed by atoms with van der Waals surface area (Å²) >= 11 is 6.01. The van der Waals surface area contributed by atoms with E-state index in [0.717, 1.165) is 5.56 Å². The molecular weight excluding hydrogens is 314 g/mol. The molecular formula is C18H20ClNO3. The number of rotatable bonds is 5. The second kappa shape index (κ2) is 7.38. The molecule has 2 aromatic carbocycles. The summed E-state index contributed by atoms with van der Waals surface area (Å²) in [7, 11) is 1.52.